The third-order valence-electron chi connectivity index (χ3n) is 6.23. The Balaban J connectivity index is 1.22. The van der Waals surface area contributed by atoms with Crippen molar-refractivity contribution < 1.29 is 19.0 Å². The number of hydrogen-bond acceptors (Lipinski definition) is 5. The lowest BCUT2D eigenvalue weighted by Crippen LogP contribution is -2.46. The number of fused-ring (bicyclic) bond motifs is 1. The van der Waals surface area contributed by atoms with E-state index in [9.17, 15) is 4.79 Å². The summed E-state index contributed by atoms with van der Waals surface area (Å²) in [5.74, 6) is 0.148. The second kappa shape index (κ2) is 9.35. The first-order valence-corrected chi connectivity index (χ1v) is 10.6. The van der Waals surface area contributed by atoms with Gasteiger partial charge in [0.25, 0.3) is 5.91 Å². The second-order valence-electron chi connectivity index (χ2n) is 8.07. The van der Waals surface area contributed by atoms with Gasteiger partial charge in [0, 0.05) is 31.7 Å². The van der Waals surface area contributed by atoms with E-state index in [1.54, 1.807) is 0 Å². The van der Waals surface area contributed by atoms with Crippen LogP contribution < -0.4 is 0 Å². The van der Waals surface area contributed by atoms with Crippen molar-refractivity contribution in [1.82, 2.24) is 9.80 Å². The number of hydrogen-bond donors (Lipinski definition) is 0. The van der Waals surface area contributed by atoms with E-state index in [0.29, 0.717) is 6.61 Å². The lowest BCUT2D eigenvalue weighted by molar-refractivity contribution is -0.0984. The molecule has 3 saturated heterocycles. The van der Waals surface area contributed by atoms with Crippen molar-refractivity contribution in [3.05, 3.63) is 35.4 Å². The van der Waals surface area contributed by atoms with Crippen LogP contribution in [0.25, 0.3) is 0 Å². The number of rotatable bonds is 6. The summed E-state index contributed by atoms with van der Waals surface area (Å²) < 4.78 is 17.6. The molecule has 1 aromatic carbocycles. The molecule has 3 atom stereocenters. The fraction of sp³-hybridized carbons (Fsp3) is 0.682. The maximum absolute atomic E-state index is 13.0. The van der Waals surface area contributed by atoms with Crippen molar-refractivity contribution in [1.29, 1.82) is 0 Å². The topological polar surface area (TPSA) is 51.2 Å². The van der Waals surface area contributed by atoms with Gasteiger partial charge in [-0.1, -0.05) is 18.2 Å². The van der Waals surface area contributed by atoms with Crippen LogP contribution in [0.1, 0.15) is 35.2 Å². The molecular formula is C22H32N2O4. The molecule has 0 spiro atoms. The van der Waals surface area contributed by atoms with E-state index in [1.807, 2.05) is 36.1 Å². The quantitative estimate of drug-likeness (QED) is 0.699. The summed E-state index contributed by atoms with van der Waals surface area (Å²) in [7, 11) is 0. The number of carbonyl (C=O) groups excluding carboxylic acids is 1. The summed E-state index contributed by atoms with van der Waals surface area (Å²) in [5.41, 5.74) is 1.86. The fourth-order valence-electron chi connectivity index (χ4n) is 4.57. The van der Waals surface area contributed by atoms with Gasteiger partial charge in [-0.3, -0.25) is 9.69 Å². The predicted octanol–water partition coefficient (Wildman–Crippen LogP) is 2.11. The highest BCUT2D eigenvalue weighted by atomic mass is 16.5. The minimum Gasteiger partial charge on any atom is -0.379 e. The van der Waals surface area contributed by atoms with Crippen LogP contribution in [0.2, 0.25) is 0 Å². The van der Waals surface area contributed by atoms with Gasteiger partial charge in [-0.25, -0.2) is 0 Å². The summed E-state index contributed by atoms with van der Waals surface area (Å²) in [5, 5.41) is 0. The Morgan fingerprint density at radius 1 is 1.14 bits per heavy atom. The number of nitrogens with zero attached hydrogens (tertiary/aromatic N) is 2. The lowest BCUT2D eigenvalue weighted by atomic mass is 9.98. The monoisotopic (exact) mass is 388 g/mol. The average molecular weight is 389 g/mol. The summed E-state index contributed by atoms with van der Waals surface area (Å²) in [6.45, 7) is 8.79. The molecule has 28 heavy (non-hydrogen) atoms. The van der Waals surface area contributed by atoms with Crippen LogP contribution in [0.4, 0.5) is 0 Å². The fourth-order valence-corrected chi connectivity index (χ4v) is 4.57. The van der Waals surface area contributed by atoms with Crippen LogP contribution in [0, 0.1) is 6.92 Å². The van der Waals surface area contributed by atoms with Gasteiger partial charge in [-0.2, -0.15) is 0 Å². The van der Waals surface area contributed by atoms with E-state index in [0.717, 1.165) is 76.4 Å². The van der Waals surface area contributed by atoms with Gasteiger partial charge in [0.2, 0.25) is 0 Å². The van der Waals surface area contributed by atoms with Crippen LogP contribution in [-0.2, 0) is 14.2 Å². The van der Waals surface area contributed by atoms with Crippen LogP contribution in [0.5, 0.6) is 0 Å². The summed E-state index contributed by atoms with van der Waals surface area (Å²) in [6.07, 6.45) is 3.18. The molecule has 0 unspecified atom stereocenters. The van der Waals surface area contributed by atoms with Gasteiger partial charge in [0.1, 0.15) is 0 Å². The molecule has 3 aliphatic rings. The first kappa shape index (κ1) is 19.8. The van der Waals surface area contributed by atoms with Crippen LogP contribution in [0.15, 0.2) is 24.3 Å². The molecule has 0 saturated carbocycles. The van der Waals surface area contributed by atoms with E-state index < -0.39 is 0 Å². The minimum atomic E-state index is 0.148. The van der Waals surface area contributed by atoms with Gasteiger partial charge in [0.05, 0.1) is 44.7 Å². The molecule has 6 nitrogen and oxygen atoms in total. The molecule has 4 rings (SSSR count). The number of morpholine rings is 1. The van der Waals surface area contributed by atoms with Crippen LogP contribution >= 0.6 is 0 Å². The number of aryl methyl sites for hydroxylation is 1. The van der Waals surface area contributed by atoms with Crippen LogP contribution in [0.3, 0.4) is 0 Å². The molecule has 0 bridgehead atoms. The summed E-state index contributed by atoms with van der Waals surface area (Å²) in [4.78, 5) is 17.4. The smallest absolute Gasteiger partial charge is 0.254 e. The first-order valence-electron chi connectivity index (χ1n) is 10.6. The average Bonchev–Trinajstić information content (AvgIpc) is 3.15. The predicted molar refractivity (Wildman–Crippen MR) is 107 cm³/mol. The standard InChI is InChI=1S/C22H32N2O4/c1-17-4-2-3-5-19(17)22(25)24-9-8-21-20(24)7-6-18(28-21)16-27-15-12-23-10-13-26-14-11-23/h2-5,18,20-21H,6-16H2,1H3/t18-,20-,21-/m1/s1. The van der Waals surface area contributed by atoms with E-state index in [1.165, 1.54) is 0 Å². The van der Waals surface area contributed by atoms with Crippen molar-refractivity contribution >= 4 is 5.91 Å². The molecule has 6 heteroatoms. The highest BCUT2D eigenvalue weighted by Crippen LogP contribution is 2.32. The third kappa shape index (κ3) is 4.57. The number of benzene rings is 1. The second-order valence-corrected chi connectivity index (χ2v) is 8.07. The maximum atomic E-state index is 13.0. The summed E-state index contributed by atoms with van der Waals surface area (Å²) in [6, 6.07) is 8.06. The third-order valence-corrected chi connectivity index (χ3v) is 6.23. The Labute approximate surface area is 167 Å². The molecule has 3 heterocycles. The minimum absolute atomic E-state index is 0.148. The number of carbonyl (C=O) groups is 1. The van der Waals surface area contributed by atoms with E-state index in [-0.39, 0.29) is 24.2 Å². The normalized spacial score (nSPS) is 28.3. The Bertz CT molecular complexity index is 662. The van der Waals surface area contributed by atoms with Gasteiger partial charge < -0.3 is 19.1 Å². The number of likely N-dealkylation sites (tertiary alicyclic amines) is 1. The molecule has 0 aromatic heterocycles. The highest BCUT2D eigenvalue weighted by molar-refractivity contribution is 5.96. The molecule has 154 valence electrons. The zero-order valence-electron chi connectivity index (χ0n) is 16.8. The molecule has 3 aliphatic heterocycles. The highest BCUT2D eigenvalue weighted by Gasteiger charge is 2.42. The molecule has 0 radical (unpaired) electrons. The van der Waals surface area contributed by atoms with Crippen molar-refractivity contribution in [2.45, 2.75) is 44.4 Å². The van der Waals surface area contributed by atoms with Gasteiger partial charge in [0.15, 0.2) is 0 Å². The number of ether oxygens (including phenoxy) is 3. The Hall–Kier alpha value is -1.47. The van der Waals surface area contributed by atoms with E-state index in [4.69, 9.17) is 14.2 Å². The van der Waals surface area contributed by atoms with Crippen molar-refractivity contribution in [2.24, 2.45) is 0 Å². The van der Waals surface area contributed by atoms with Gasteiger partial charge >= 0.3 is 0 Å². The maximum Gasteiger partial charge on any atom is 0.254 e. The largest absolute Gasteiger partial charge is 0.379 e. The molecule has 0 aliphatic carbocycles. The van der Waals surface area contributed by atoms with Crippen molar-refractivity contribution in [2.75, 3.05) is 52.6 Å². The van der Waals surface area contributed by atoms with Crippen molar-refractivity contribution in [3.8, 4) is 0 Å². The van der Waals surface area contributed by atoms with Gasteiger partial charge in [-0.05, 0) is 37.8 Å². The zero-order valence-corrected chi connectivity index (χ0v) is 16.8. The Morgan fingerprint density at radius 2 is 1.96 bits per heavy atom. The van der Waals surface area contributed by atoms with E-state index in [2.05, 4.69) is 4.90 Å². The Kier molecular flexibility index (Phi) is 6.62. The van der Waals surface area contributed by atoms with Crippen LogP contribution in [-0.4, -0.2) is 86.6 Å². The molecule has 1 aromatic rings. The zero-order chi connectivity index (χ0) is 19.3. The Morgan fingerprint density at radius 3 is 2.79 bits per heavy atom. The number of amides is 1. The molecule has 0 N–H and O–H groups in total. The molecule has 3 fully saturated rings. The SMILES string of the molecule is Cc1ccccc1C(=O)N1CC[C@H]2O[C@@H](COCCN3CCOCC3)CC[C@H]21. The van der Waals surface area contributed by atoms with E-state index >= 15 is 0 Å². The molecular weight excluding hydrogens is 356 g/mol. The summed E-state index contributed by atoms with van der Waals surface area (Å²) >= 11 is 0. The van der Waals surface area contributed by atoms with Crippen molar-refractivity contribution in [3.63, 3.8) is 0 Å². The first-order chi connectivity index (χ1) is 13.7. The van der Waals surface area contributed by atoms with Gasteiger partial charge in [-0.15, -0.1) is 0 Å². The molecule has 1 amide bonds. The lowest BCUT2D eigenvalue weighted by Gasteiger charge is -2.36.